The van der Waals surface area contributed by atoms with Crippen molar-refractivity contribution in [1.82, 2.24) is 4.31 Å². The van der Waals surface area contributed by atoms with Crippen LogP contribution >= 0.6 is 15.9 Å². The number of sulfonamides is 1. The molecule has 1 aromatic rings. The van der Waals surface area contributed by atoms with Gasteiger partial charge in [-0.1, -0.05) is 42.3 Å². The second-order valence-corrected chi connectivity index (χ2v) is 7.91. The highest BCUT2D eigenvalue weighted by Crippen LogP contribution is 2.26. The maximum atomic E-state index is 12.9. The fraction of sp³-hybridized carbons (Fsp3) is 0.600. The molecule has 0 fully saturated rings. The molecule has 0 saturated heterocycles. The Morgan fingerprint density at radius 3 is 2.50 bits per heavy atom. The van der Waals surface area contributed by atoms with Crippen molar-refractivity contribution in [3.8, 4) is 0 Å². The summed E-state index contributed by atoms with van der Waals surface area (Å²) in [5.41, 5.74) is 0.790. The number of benzene rings is 1. The fourth-order valence-electron chi connectivity index (χ4n) is 2.07. The van der Waals surface area contributed by atoms with Gasteiger partial charge in [-0.25, -0.2) is 8.42 Å². The summed E-state index contributed by atoms with van der Waals surface area (Å²) in [6.45, 7) is 8.49. The van der Waals surface area contributed by atoms with E-state index in [4.69, 9.17) is 0 Å². The van der Waals surface area contributed by atoms with Gasteiger partial charge in [0.1, 0.15) is 0 Å². The summed E-state index contributed by atoms with van der Waals surface area (Å²) in [6.07, 6.45) is 2.69. The Morgan fingerprint density at radius 2 is 1.95 bits per heavy atom. The molecule has 0 bridgehead atoms. The van der Waals surface area contributed by atoms with E-state index in [1.807, 2.05) is 32.9 Å². The second kappa shape index (κ2) is 7.57. The topological polar surface area (TPSA) is 37.4 Å². The quantitative estimate of drug-likeness (QED) is 0.723. The molecule has 1 rings (SSSR count). The van der Waals surface area contributed by atoms with E-state index in [-0.39, 0.29) is 6.04 Å². The number of aryl methyl sites for hydroxylation is 1. The minimum absolute atomic E-state index is 0.0185. The predicted molar refractivity (Wildman–Crippen MR) is 87.4 cm³/mol. The molecule has 114 valence electrons. The lowest BCUT2D eigenvalue weighted by Gasteiger charge is -2.28. The van der Waals surface area contributed by atoms with Crippen LogP contribution < -0.4 is 0 Å². The Kier molecular flexibility index (Phi) is 6.69. The van der Waals surface area contributed by atoms with Crippen LogP contribution in [0.3, 0.4) is 0 Å². The minimum atomic E-state index is -3.43. The summed E-state index contributed by atoms with van der Waals surface area (Å²) in [4.78, 5) is 0.406. The van der Waals surface area contributed by atoms with Crippen LogP contribution in [0, 0.1) is 6.92 Å². The lowest BCUT2D eigenvalue weighted by atomic mass is 10.2. The first-order valence-corrected chi connectivity index (χ1v) is 9.35. The average molecular weight is 362 g/mol. The summed E-state index contributed by atoms with van der Waals surface area (Å²) in [5, 5.41) is 0. The van der Waals surface area contributed by atoms with Crippen LogP contribution in [0.1, 0.15) is 45.6 Å². The number of nitrogens with zero attached hydrogens (tertiary/aromatic N) is 1. The standard InChI is InChI=1S/C15H24BrNO2S/c1-5-7-10-17(13(4)6-2)20(18,19)15-11-14(16)9-8-12(15)3/h8-9,11,13H,5-7,10H2,1-4H3. The van der Waals surface area contributed by atoms with E-state index < -0.39 is 10.0 Å². The van der Waals surface area contributed by atoms with Gasteiger partial charge in [-0.3, -0.25) is 0 Å². The molecule has 3 nitrogen and oxygen atoms in total. The summed E-state index contributed by atoms with van der Waals surface area (Å²) >= 11 is 3.36. The smallest absolute Gasteiger partial charge is 0.207 e. The molecular formula is C15H24BrNO2S. The van der Waals surface area contributed by atoms with Gasteiger partial charge in [-0.15, -0.1) is 0 Å². The van der Waals surface area contributed by atoms with Gasteiger partial charge in [0, 0.05) is 17.1 Å². The van der Waals surface area contributed by atoms with Crippen LogP contribution in [0.2, 0.25) is 0 Å². The van der Waals surface area contributed by atoms with Crippen molar-refractivity contribution in [2.45, 2.75) is 57.9 Å². The summed E-state index contributed by atoms with van der Waals surface area (Å²) in [5.74, 6) is 0. The molecule has 0 heterocycles. The number of rotatable bonds is 7. The van der Waals surface area contributed by atoms with Crippen LogP contribution in [0.4, 0.5) is 0 Å². The molecule has 0 aliphatic carbocycles. The molecular weight excluding hydrogens is 338 g/mol. The molecule has 0 saturated carbocycles. The van der Waals surface area contributed by atoms with E-state index in [1.54, 1.807) is 10.4 Å². The van der Waals surface area contributed by atoms with Crippen LogP contribution in [-0.2, 0) is 10.0 Å². The molecule has 0 aromatic heterocycles. The normalized spacial score (nSPS) is 13.7. The molecule has 1 unspecified atom stereocenters. The third kappa shape index (κ3) is 4.06. The molecule has 0 spiro atoms. The largest absolute Gasteiger partial charge is 0.243 e. The minimum Gasteiger partial charge on any atom is -0.207 e. The number of hydrogen-bond donors (Lipinski definition) is 0. The lowest BCUT2D eigenvalue weighted by molar-refractivity contribution is 0.324. The lowest BCUT2D eigenvalue weighted by Crippen LogP contribution is -2.39. The summed E-state index contributed by atoms with van der Waals surface area (Å²) in [6, 6.07) is 5.43. The molecule has 0 N–H and O–H groups in total. The molecule has 1 atom stereocenters. The third-order valence-corrected chi connectivity index (χ3v) is 6.20. The molecule has 5 heteroatoms. The number of hydrogen-bond acceptors (Lipinski definition) is 2. The first kappa shape index (κ1) is 17.7. The SMILES string of the molecule is CCCCN(C(C)CC)S(=O)(=O)c1cc(Br)ccc1C. The molecule has 20 heavy (non-hydrogen) atoms. The van der Waals surface area contributed by atoms with Crippen molar-refractivity contribution in [1.29, 1.82) is 0 Å². The fourth-order valence-corrected chi connectivity index (χ4v) is 4.58. The van der Waals surface area contributed by atoms with Crippen LogP contribution in [-0.4, -0.2) is 25.3 Å². The van der Waals surface area contributed by atoms with Gasteiger partial charge in [0.05, 0.1) is 4.90 Å². The average Bonchev–Trinajstić information content (AvgIpc) is 2.41. The van der Waals surface area contributed by atoms with Crippen molar-refractivity contribution in [2.24, 2.45) is 0 Å². The maximum Gasteiger partial charge on any atom is 0.243 e. The van der Waals surface area contributed by atoms with E-state index in [0.29, 0.717) is 11.4 Å². The van der Waals surface area contributed by atoms with Gasteiger partial charge in [-0.05, 0) is 44.4 Å². The van der Waals surface area contributed by atoms with E-state index in [9.17, 15) is 8.42 Å². The second-order valence-electron chi connectivity index (χ2n) is 5.14. The highest BCUT2D eigenvalue weighted by atomic mass is 79.9. The number of unbranched alkanes of at least 4 members (excludes halogenated alkanes) is 1. The Hall–Kier alpha value is -0.390. The van der Waals surface area contributed by atoms with E-state index in [2.05, 4.69) is 22.9 Å². The van der Waals surface area contributed by atoms with Crippen molar-refractivity contribution in [3.63, 3.8) is 0 Å². The number of halogens is 1. The predicted octanol–water partition coefficient (Wildman–Crippen LogP) is 4.35. The molecule has 0 aliphatic heterocycles. The first-order chi connectivity index (χ1) is 9.34. The summed E-state index contributed by atoms with van der Waals surface area (Å²) in [7, 11) is -3.43. The van der Waals surface area contributed by atoms with Gasteiger partial charge < -0.3 is 0 Å². The molecule has 0 amide bonds. The molecule has 0 aliphatic rings. The van der Waals surface area contributed by atoms with Crippen LogP contribution in [0.25, 0.3) is 0 Å². The third-order valence-electron chi connectivity index (χ3n) is 3.55. The monoisotopic (exact) mass is 361 g/mol. The van der Waals surface area contributed by atoms with Crippen molar-refractivity contribution >= 4 is 26.0 Å². The van der Waals surface area contributed by atoms with Gasteiger partial charge >= 0.3 is 0 Å². The summed E-state index contributed by atoms with van der Waals surface area (Å²) < 4.78 is 28.3. The van der Waals surface area contributed by atoms with Gasteiger partial charge in [-0.2, -0.15) is 4.31 Å². The Bertz CT molecular complexity index is 543. The Labute approximate surface area is 131 Å². The first-order valence-electron chi connectivity index (χ1n) is 7.12. The zero-order valence-electron chi connectivity index (χ0n) is 12.7. The Morgan fingerprint density at radius 1 is 1.30 bits per heavy atom. The van der Waals surface area contributed by atoms with Crippen LogP contribution in [0.15, 0.2) is 27.6 Å². The van der Waals surface area contributed by atoms with E-state index in [0.717, 1.165) is 29.3 Å². The van der Waals surface area contributed by atoms with Gasteiger partial charge in [0.25, 0.3) is 0 Å². The van der Waals surface area contributed by atoms with Crippen molar-refractivity contribution in [2.75, 3.05) is 6.54 Å². The van der Waals surface area contributed by atoms with Gasteiger partial charge in [0.15, 0.2) is 0 Å². The van der Waals surface area contributed by atoms with Gasteiger partial charge in [0.2, 0.25) is 10.0 Å². The highest BCUT2D eigenvalue weighted by Gasteiger charge is 2.29. The van der Waals surface area contributed by atoms with E-state index in [1.165, 1.54) is 0 Å². The van der Waals surface area contributed by atoms with Crippen molar-refractivity contribution in [3.05, 3.63) is 28.2 Å². The molecule has 1 aromatic carbocycles. The maximum absolute atomic E-state index is 12.9. The zero-order chi connectivity index (χ0) is 15.3. The molecule has 0 radical (unpaired) electrons. The highest BCUT2D eigenvalue weighted by molar-refractivity contribution is 9.10. The Balaban J connectivity index is 3.24. The van der Waals surface area contributed by atoms with Crippen LogP contribution in [0.5, 0.6) is 0 Å². The zero-order valence-corrected chi connectivity index (χ0v) is 15.1. The van der Waals surface area contributed by atoms with Crippen molar-refractivity contribution < 1.29 is 8.42 Å². The van der Waals surface area contributed by atoms with E-state index >= 15 is 0 Å².